The van der Waals surface area contributed by atoms with Crippen molar-refractivity contribution in [2.24, 2.45) is 0 Å². The molecule has 1 amide bonds. The maximum Gasteiger partial charge on any atom is 0.227 e. The van der Waals surface area contributed by atoms with Gasteiger partial charge in [-0.2, -0.15) is 0 Å². The number of benzene rings is 2. The number of hydrogen-bond donors (Lipinski definition) is 0. The van der Waals surface area contributed by atoms with Gasteiger partial charge < -0.3 is 19.0 Å². The molecule has 0 saturated carbocycles. The summed E-state index contributed by atoms with van der Waals surface area (Å²) in [4.78, 5) is 16.9. The molecule has 6 heteroatoms. The Morgan fingerprint density at radius 2 is 1.93 bits per heavy atom. The Kier molecular flexibility index (Phi) is 4.94. The summed E-state index contributed by atoms with van der Waals surface area (Å²) in [5, 5.41) is 1.55. The summed E-state index contributed by atoms with van der Waals surface area (Å²) < 4.78 is 11.0. The molecule has 1 aliphatic rings. The molecule has 0 bridgehead atoms. The van der Waals surface area contributed by atoms with Gasteiger partial charge in [-0.1, -0.05) is 23.7 Å². The lowest BCUT2D eigenvalue weighted by Gasteiger charge is -2.36. The van der Waals surface area contributed by atoms with E-state index >= 15 is 0 Å². The van der Waals surface area contributed by atoms with Gasteiger partial charge in [0.15, 0.2) is 0 Å². The molecule has 5 nitrogen and oxygen atoms in total. The SMILES string of the molecule is COc1ccccc1N1CCN(C(=O)Cc2coc3ccc(Cl)cc23)CC1. The summed E-state index contributed by atoms with van der Waals surface area (Å²) in [7, 11) is 1.68. The third-order valence-electron chi connectivity index (χ3n) is 5.02. The van der Waals surface area contributed by atoms with Crippen LogP contribution in [0.3, 0.4) is 0 Å². The molecule has 1 saturated heterocycles. The number of amides is 1. The topological polar surface area (TPSA) is 45.9 Å². The van der Waals surface area contributed by atoms with E-state index in [-0.39, 0.29) is 5.91 Å². The van der Waals surface area contributed by atoms with Crippen molar-refractivity contribution in [1.29, 1.82) is 0 Å². The molecule has 0 aliphatic carbocycles. The van der Waals surface area contributed by atoms with Gasteiger partial charge in [-0.25, -0.2) is 0 Å². The quantitative estimate of drug-likeness (QED) is 0.682. The Morgan fingerprint density at radius 1 is 1.15 bits per heavy atom. The van der Waals surface area contributed by atoms with Gasteiger partial charge in [0.1, 0.15) is 11.3 Å². The van der Waals surface area contributed by atoms with Crippen molar-refractivity contribution in [3.05, 3.63) is 59.3 Å². The van der Waals surface area contributed by atoms with Crippen molar-refractivity contribution in [3.63, 3.8) is 0 Å². The molecule has 0 N–H and O–H groups in total. The van der Waals surface area contributed by atoms with E-state index in [1.807, 2.05) is 35.2 Å². The molecule has 0 atom stereocenters. The Bertz CT molecular complexity index is 961. The van der Waals surface area contributed by atoms with Crippen molar-refractivity contribution in [3.8, 4) is 5.75 Å². The molecule has 2 aromatic carbocycles. The predicted octanol–water partition coefficient (Wildman–Crippen LogP) is 3.99. The van der Waals surface area contributed by atoms with E-state index in [1.54, 1.807) is 19.4 Å². The molecular formula is C21H21ClN2O3. The summed E-state index contributed by atoms with van der Waals surface area (Å²) >= 11 is 6.08. The highest BCUT2D eigenvalue weighted by molar-refractivity contribution is 6.31. The maximum absolute atomic E-state index is 12.8. The zero-order chi connectivity index (χ0) is 18.8. The lowest BCUT2D eigenvalue weighted by molar-refractivity contribution is -0.130. The molecule has 0 unspecified atom stereocenters. The Labute approximate surface area is 163 Å². The van der Waals surface area contributed by atoms with Crippen LogP contribution in [0.5, 0.6) is 5.75 Å². The smallest absolute Gasteiger partial charge is 0.227 e. The van der Waals surface area contributed by atoms with Crippen LogP contribution in [0.2, 0.25) is 5.02 Å². The first kappa shape index (κ1) is 17.7. The average Bonchev–Trinajstić information content (AvgIpc) is 3.10. The van der Waals surface area contributed by atoms with E-state index in [1.165, 1.54) is 0 Å². The highest BCUT2D eigenvalue weighted by atomic mass is 35.5. The Balaban J connectivity index is 1.42. The molecule has 4 rings (SSSR count). The van der Waals surface area contributed by atoms with E-state index < -0.39 is 0 Å². The molecule has 0 radical (unpaired) electrons. The summed E-state index contributed by atoms with van der Waals surface area (Å²) in [5.74, 6) is 0.969. The summed E-state index contributed by atoms with van der Waals surface area (Å²) in [6.45, 7) is 2.94. The summed E-state index contributed by atoms with van der Waals surface area (Å²) in [6.07, 6.45) is 1.98. The standard InChI is InChI=1S/C21H21ClN2O3/c1-26-20-5-3-2-4-18(20)23-8-10-24(11-9-23)21(25)12-15-14-27-19-7-6-16(22)13-17(15)19/h2-7,13-14H,8-12H2,1H3. The Hall–Kier alpha value is -2.66. The van der Waals surface area contributed by atoms with E-state index in [9.17, 15) is 4.79 Å². The fourth-order valence-corrected chi connectivity index (χ4v) is 3.73. The average molecular weight is 385 g/mol. The molecule has 2 heterocycles. The third-order valence-corrected chi connectivity index (χ3v) is 5.25. The minimum absolute atomic E-state index is 0.109. The first-order chi connectivity index (χ1) is 13.2. The van der Waals surface area contributed by atoms with Gasteiger partial charge in [0.05, 0.1) is 25.5 Å². The number of halogens is 1. The minimum atomic E-state index is 0.109. The fraction of sp³-hybridized carbons (Fsp3) is 0.286. The van der Waals surface area contributed by atoms with E-state index in [0.29, 0.717) is 24.5 Å². The van der Waals surface area contributed by atoms with Gasteiger partial charge in [-0.05, 0) is 30.3 Å². The van der Waals surface area contributed by atoms with E-state index in [2.05, 4.69) is 11.0 Å². The highest BCUT2D eigenvalue weighted by Crippen LogP contribution is 2.29. The third kappa shape index (κ3) is 3.60. The second kappa shape index (κ2) is 7.53. The van der Waals surface area contributed by atoms with Gasteiger partial charge >= 0.3 is 0 Å². The minimum Gasteiger partial charge on any atom is -0.495 e. The van der Waals surface area contributed by atoms with Crippen LogP contribution in [-0.2, 0) is 11.2 Å². The van der Waals surface area contributed by atoms with Gasteiger partial charge in [-0.3, -0.25) is 4.79 Å². The number of fused-ring (bicyclic) bond motifs is 1. The van der Waals surface area contributed by atoms with Crippen molar-refractivity contribution >= 4 is 34.2 Å². The summed E-state index contributed by atoms with van der Waals surface area (Å²) in [5.41, 5.74) is 2.70. The zero-order valence-electron chi connectivity index (χ0n) is 15.2. The molecule has 1 aromatic heterocycles. The van der Waals surface area contributed by atoms with Crippen molar-refractivity contribution in [1.82, 2.24) is 4.90 Å². The Morgan fingerprint density at radius 3 is 2.70 bits per heavy atom. The normalized spacial score (nSPS) is 14.6. The van der Waals surface area contributed by atoms with Crippen LogP contribution in [0.25, 0.3) is 11.0 Å². The lowest BCUT2D eigenvalue weighted by Crippen LogP contribution is -2.49. The van der Waals surface area contributed by atoms with Crippen molar-refractivity contribution in [2.75, 3.05) is 38.2 Å². The van der Waals surface area contributed by atoms with Crippen LogP contribution in [0, 0.1) is 0 Å². The van der Waals surface area contributed by atoms with Crippen LogP contribution in [0.4, 0.5) is 5.69 Å². The number of methoxy groups -OCH3 is 1. The first-order valence-electron chi connectivity index (χ1n) is 8.97. The molecule has 140 valence electrons. The largest absolute Gasteiger partial charge is 0.495 e. The van der Waals surface area contributed by atoms with Crippen LogP contribution < -0.4 is 9.64 Å². The second-order valence-corrected chi connectivity index (χ2v) is 7.05. The molecular weight excluding hydrogens is 364 g/mol. The number of piperazine rings is 1. The molecule has 3 aromatic rings. The first-order valence-corrected chi connectivity index (χ1v) is 9.35. The monoisotopic (exact) mass is 384 g/mol. The van der Waals surface area contributed by atoms with Crippen molar-refractivity contribution in [2.45, 2.75) is 6.42 Å². The number of hydrogen-bond acceptors (Lipinski definition) is 4. The number of anilines is 1. The van der Waals surface area contributed by atoms with E-state index in [4.69, 9.17) is 20.8 Å². The van der Waals surface area contributed by atoms with Crippen LogP contribution in [0.15, 0.2) is 53.1 Å². The number of carbonyl (C=O) groups is 1. The highest BCUT2D eigenvalue weighted by Gasteiger charge is 2.23. The lowest BCUT2D eigenvalue weighted by atomic mass is 10.1. The van der Waals surface area contributed by atoms with Gasteiger partial charge in [0.25, 0.3) is 0 Å². The maximum atomic E-state index is 12.8. The summed E-state index contributed by atoms with van der Waals surface area (Å²) in [6, 6.07) is 13.4. The fourth-order valence-electron chi connectivity index (χ4n) is 3.55. The van der Waals surface area contributed by atoms with Gasteiger partial charge in [0, 0.05) is 42.2 Å². The van der Waals surface area contributed by atoms with Crippen LogP contribution in [-0.4, -0.2) is 44.1 Å². The molecule has 27 heavy (non-hydrogen) atoms. The number of furan rings is 1. The van der Waals surface area contributed by atoms with Gasteiger partial charge in [-0.15, -0.1) is 0 Å². The van der Waals surface area contributed by atoms with Crippen LogP contribution >= 0.6 is 11.6 Å². The number of ether oxygens (including phenoxy) is 1. The van der Waals surface area contributed by atoms with Gasteiger partial charge in [0.2, 0.25) is 5.91 Å². The van der Waals surface area contributed by atoms with E-state index in [0.717, 1.165) is 41.1 Å². The molecule has 1 aliphatic heterocycles. The number of nitrogens with zero attached hydrogens (tertiary/aromatic N) is 2. The number of para-hydroxylation sites is 2. The number of carbonyl (C=O) groups excluding carboxylic acids is 1. The van der Waals surface area contributed by atoms with Crippen LogP contribution in [0.1, 0.15) is 5.56 Å². The zero-order valence-corrected chi connectivity index (χ0v) is 15.9. The predicted molar refractivity (Wildman–Crippen MR) is 107 cm³/mol. The second-order valence-electron chi connectivity index (χ2n) is 6.62. The number of rotatable bonds is 4. The molecule has 1 fully saturated rings. The van der Waals surface area contributed by atoms with Crippen molar-refractivity contribution < 1.29 is 13.9 Å². The molecule has 0 spiro atoms.